The van der Waals surface area contributed by atoms with Crippen LogP contribution in [0.15, 0.2) is 23.8 Å². The highest BCUT2D eigenvalue weighted by Gasteiger charge is 2.01. The van der Waals surface area contributed by atoms with E-state index >= 15 is 0 Å². The maximum absolute atomic E-state index is 9.05. The van der Waals surface area contributed by atoms with Gasteiger partial charge in [0.25, 0.3) is 0 Å². The van der Waals surface area contributed by atoms with Gasteiger partial charge >= 0.3 is 0 Å². The number of aliphatic hydroxyl groups excluding tert-OH is 2. The molecule has 0 fully saturated rings. The number of ether oxygens (including phenoxy) is 5. The molecular formula is C18H32O7. The molecule has 0 saturated heterocycles. The van der Waals surface area contributed by atoms with Gasteiger partial charge < -0.3 is 33.9 Å². The number of aliphatic hydroxyl groups is 2. The SMILES string of the molecule is OCC(O)COCCOCCOCCOCCOCC1=CCCC=C1. The summed E-state index contributed by atoms with van der Waals surface area (Å²) in [5.41, 5.74) is 1.24. The molecule has 0 radical (unpaired) electrons. The molecule has 0 saturated carbocycles. The molecular weight excluding hydrogens is 328 g/mol. The lowest BCUT2D eigenvalue weighted by Gasteiger charge is -2.10. The van der Waals surface area contributed by atoms with Crippen molar-refractivity contribution >= 4 is 0 Å². The van der Waals surface area contributed by atoms with Gasteiger partial charge in [-0.1, -0.05) is 18.2 Å². The summed E-state index contributed by atoms with van der Waals surface area (Å²) in [6.07, 6.45) is 7.90. The van der Waals surface area contributed by atoms with Crippen molar-refractivity contribution in [2.24, 2.45) is 0 Å². The fraction of sp³-hybridized carbons (Fsp3) is 0.778. The Bertz CT molecular complexity index is 357. The summed E-state index contributed by atoms with van der Waals surface area (Å²) in [7, 11) is 0. The van der Waals surface area contributed by atoms with E-state index in [-0.39, 0.29) is 13.2 Å². The lowest BCUT2D eigenvalue weighted by Crippen LogP contribution is -2.21. The van der Waals surface area contributed by atoms with Gasteiger partial charge in [0.2, 0.25) is 0 Å². The van der Waals surface area contributed by atoms with E-state index in [4.69, 9.17) is 33.9 Å². The number of hydrogen-bond donors (Lipinski definition) is 2. The summed E-state index contributed by atoms with van der Waals surface area (Å²) in [5, 5.41) is 17.6. The van der Waals surface area contributed by atoms with Crippen LogP contribution in [0.2, 0.25) is 0 Å². The largest absolute Gasteiger partial charge is 0.394 e. The Labute approximate surface area is 150 Å². The average Bonchev–Trinajstić information content (AvgIpc) is 2.65. The second-order valence-corrected chi connectivity index (χ2v) is 5.56. The first kappa shape index (κ1) is 22.2. The Morgan fingerprint density at radius 1 is 0.800 bits per heavy atom. The van der Waals surface area contributed by atoms with Gasteiger partial charge in [-0.25, -0.2) is 0 Å². The summed E-state index contributed by atoms with van der Waals surface area (Å²) in [4.78, 5) is 0. The molecule has 1 aliphatic carbocycles. The maximum atomic E-state index is 9.05. The number of hydrogen-bond acceptors (Lipinski definition) is 7. The maximum Gasteiger partial charge on any atom is 0.100 e. The van der Waals surface area contributed by atoms with E-state index in [1.165, 1.54) is 5.57 Å². The second-order valence-electron chi connectivity index (χ2n) is 5.56. The first-order valence-corrected chi connectivity index (χ1v) is 8.86. The van der Waals surface area contributed by atoms with Crippen LogP contribution in [0.4, 0.5) is 0 Å². The normalized spacial score (nSPS) is 15.4. The van der Waals surface area contributed by atoms with Crippen LogP contribution in [0.25, 0.3) is 0 Å². The highest BCUT2D eigenvalue weighted by molar-refractivity contribution is 5.22. The summed E-state index contributed by atoms with van der Waals surface area (Å²) in [6.45, 7) is 4.48. The van der Waals surface area contributed by atoms with Crippen LogP contribution in [0.1, 0.15) is 12.8 Å². The topological polar surface area (TPSA) is 86.6 Å². The van der Waals surface area contributed by atoms with Crippen molar-refractivity contribution in [1.82, 2.24) is 0 Å². The molecule has 1 unspecified atom stereocenters. The molecule has 0 amide bonds. The molecule has 0 aromatic heterocycles. The van der Waals surface area contributed by atoms with Crippen molar-refractivity contribution in [1.29, 1.82) is 0 Å². The van der Waals surface area contributed by atoms with E-state index in [1.807, 2.05) is 0 Å². The third-order valence-corrected chi connectivity index (χ3v) is 3.35. The zero-order chi connectivity index (χ0) is 18.0. The van der Waals surface area contributed by atoms with Crippen LogP contribution in [0.3, 0.4) is 0 Å². The number of allylic oxidation sites excluding steroid dienone is 2. The first-order valence-electron chi connectivity index (χ1n) is 8.86. The Morgan fingerprint density at radius 2 is 1.36 bits per heavy atom. The van der Waals surface area contributed by atoms with Crippen LogP contribution < -0.4 is 0 Å². The molecule has 0 aromatic carbocycles. The summed E-state index contributed by atoms with van der Waals surface area (Å²) in [5.74, 6) is 0. The molecule has 1 aliphatic rings. The van der Waals surface area contributed by atoms with E-state index in [2.05, 4.69) is 18.2 Å². The third kappa shape index (κ3) is 14.1. The first-order chi connectivity index (χ1) is 12.3. The van der Waals surface area contributed by atoms with Gasteiger partial charge in [0, 0.05) is 0 Å². The lowest BCUT2D eigenvalue weighted by atomic mass is 10.1. The lowest BCUT2D eigenvalue weighted by molar-refractivity contribution is -0.0285. The van der Waals surface area contributed by atoms with Crippen molar-refractivity contribution < 1.29 is 33.9 Å². The third-order valence-electron chi connectivity index (χ3n) is 3.35. The molecule has 0 aromatic rings. The van der Waals surface area contributed by atoms with Crippen molar-refractivity contribution in [2.75, 3.05) is 72.7 Å². The quantitative estimate of drug-likeness (QED) is 0.369. The van der Waals surface area contributed by atoms with Gasteiger partial charge in [-0.2, -0.15) is 0 Å². The van der Waals surface area contributed by atoms with Gasteiger partial charge in [-0.3, -0.25) is 0 Å². The number of rotatable bonds is 17. The highest BCUT2D eigenvalue weighted by Crippen LogP contribution is 2.09. The Morgan fingerprint density at radius 3 is 1.88 bits per heavy atom. The molecule has 25 heavy (non-hydrogen) atoms. The molecule has 2 N–H and O–H groups in total. The van der Waals surface area contributed by atoms with Crippen molar-refractivity contribution in [2.45, 2.75) is 18.9 Å². The molecule has 0 bridgehead atoms. The van der Waals surface area contributed by atoms with E-state index < -0.39 is 6.10 Å². The van der Waals surface area contributed by atoms with Crippen LogP contribution in [0.5, 0.6) is 0 Å². The monoisotopic (exact) mass is 360 g/mol. The summed E-state index contributed by atoms with van der Waals surface area (Å²) < 4.78 is 26.7. The Hall–Kier alpha value is -0.800. The minimum atomic E-state index is -0.824. The Kier molecular flexibility index (Phi) is 14.8. The molecule has 7 nitrogen and oxygen atoms in total. The van der Waals surface area contributed by atoms with Crippen molar-refractivity contribution in [3.05, 3.63) is 23.8 Å². The van der Waals surface area contributed by atoms with E-state index in [9.17, 15) is 0 Å². The average molecular weight is 360 g/mol. The van der Waals surface area contributed by atoms with Gasteiger partial charge in [0.1, 0.15) is 6.10 Å². The predicted octanol–water partition coefficient (Wildman–Crippen LogP) is 0.699. The summed E-state index contributed by atoms with van der Waals surface area (Å²) >= 11 is 0. The standard InChI is InChI=1S/C18H32O7/c19-14-18(20)16-25-13-11-23-9-7-21-6-8-22-10-12-24-15-17-4-2-1-3-5-17/h2,4-5,18-20H,1,3,6-16H2. The molecule has 1 atom stereocenters. The highest BCUT2D eigenvalue weighted by atomic mass is 16.6. The smallest absolute Gasteiger partial charge is 0.100 e. The van der Waals surface area contributed by atoms with Crippen LogP contribution in [0, 0.1) is 0 Å². The zero-order valence-electron chi connectivity index (χ0n) is 14.9. The molecule has 7 heteroatoms. The van der Waals surface area contributed by atoms with Crippen molar-refractivity contribution in [3.63, 3.8) is 0 Å². The predicted molar refractivity (Wildman–Crippen MR) is 93.6 cm³/mol. The Balaban J connectivity index is 1.70. The molecule has 0 aliphatic heterocycles. The van der Waals surface area contributed by atoms with Gasteiger partial charge in [-0.05, 0) is 18.4 Å². The van der Waals surface area contributed by atoms with Crippen LogP contribution >= 0.6 is 0 Å². The molecule has 1 rings (SSSR count). The van der Waals surface area contributed by atoms with E-state index in [0.717, 1.165) is 12.8 Å². The van der Waals surface area contributed by atoms with Crippen LogP contribution in [-0.4, -0.2) is 89.0 Å². The minimum absolute atomic E-state index is 0.117. The molecule has 0 spiro atoms. The summed E-state index contributed by atoms with van der Waals surface area (Å²) in [6, 6.07) is 0. The van der Waals surface area contributed by atoms with Gasteiger partial charge in [-0.15, -0.1) is 0 Å². The molecule has 146 valence electrons. The van der Waals surface area contributed by atoms with Gasteiger partial charge in [0.05, 0.1) is 72.7 Å². The fourth-order valence-electron chi connectivity index (χ4n) is 2.01. The zero-order valence-corrected chi connectivity index (χ0v) is 14.9. The van der Waals surface area contributed by atoms with Crippen LogP contribution in [-0.2, 0) is 23.7 Å². The minimum Gasteiger partial charge on any atom is -0.394 e. The van der Waals surface area contributed by atoms with Crippen molar-refractivity contribution in [3.8, 4) is 0 Å². The van der Waals surface area contributed by atoms with E-state index in [1.54, 1.807) is 0 Å². The van der Waals surface area contributed by atoms with E-state index in [0.29, 0.717) is 59.5 Å². The fourth-order valence-corrected chi connectivity index (χ4v) is 2.01. The van der Waals surface area contributed by atoms with Gasteiger partial charge in [0.15, 0.2) is 0 Å². The second kappa shape index (κ2) is 16.7. The molecule has 0 heterocycles.